The Labute approximate surface area is 84.8 Å². The van der Waals surface area contributed by atoms with Crippen LogP contribution in [0.3, 0.4) is 0 Å². The van der Waals surface area contributed by atoms with Crippen molar-refractivity contribution in [1.29, 1.82) is 0 Å². The molecule has 1 aliphatic heterocycles. The number of ether oxygens (including phenoxy) is 1. The van der Waals surface area contributed by atoms with Gasteiger partial charge in [-0.1, -0.05) is 6.92 Å². The van der Waals surface area contributed by atoms with Crippen molar-refractivity contribution >= 4 is 5.97 Å². The fourth-order valence-corrected chi connectivity index (χ4v) is 2.06. The molecule has 0 spiro atoms. The first-order valence-electron chi connectivity index (χ1n) is 5.17. The van der Waals surface area contributed by atoms with Gasteiger partial charge >= 0.3 is 5.97 Å². The van der Waals surface area contributed by atoms with Crippen LogP contribution in [-0.2, 0) is 9.53 Å². The van der Waals surface area contributed by atoms with Gasteiger partial charge in [-0.15, -0.1) is 0 Å². The number of carbonyl (C=O) groups is 1. The summed E-state index contributed by atoms with van der Waals surface area (Å²) in [5.41, 5.74) is 0. The standard InChI is InChI=1S/C10H19NO3/c1-4-9(10(12)13)11-5-7(2)14-8(3)6-11/h7-9H,4-6H2,1-3H3,(H,12,13)/t7-,8-,9-/m0/s1. The van der Waals surface area contributed by atoms with E-state index in [2.05, 4.69) is 0 Å². The molecular formula is C10H19NO3. The van der Waals surface area contributed by atoms with Gasteiger partial charge in [-0.05, 0) is 20.3 Å². The quantitative estimate of drug-likeness (QED) is 0.739. The minimum Gasteiger partial charge on any atom is -0.480 e. The minimum atomic E-state index is -0.728. The zero-order valence-corrected chi connectivity index (χ0v) is 9.06. The monoisotopic (exact) mass is 201 g/mol. The molecule has 1 rings (SSSR count). The van der Waals surface area contributed by atoms with E-state index in [-0.39, 0.29) is 18.2 Å². The zero-order valence-electron chi connectivity index (χ0n) is 9.06. The van der Waals surface area contributed by atoms with Gasteiger partial charge in [-0.25, -0.2) is 0 Å². The molecule has 0 bridgehead atoms. The number of hydrogen-bond donors (Lipinski definition) is 1. The van der Waals surface area contributed by atoms with E-state index in [0.29, 0.717) is 6.42 Å². The van der Waals surface area contributed by atoms with Gasteiger partial charge in [-0.3, -0.25) is 9.69 Å². The third-order valence-electron chi connectivity index (χ3n) is 2.56. The summed E-state index contributed by atoms with van der Waals surface area (Å²) in [7, 11) is 0. The Morgan fingerprint density at radius 2 is 2.00 bits per heavy atom. The lowest BCUT2D eigenvalue weighted by atomic mass is 10.1. The van der Waals surface area contributed by atoms with E-state index in [4.69, 9.17) is 9.84 Å². The maximum Gasteiger partial charge on any atom is 0.320 e. The minimum absolute atomic E-state index is 0.132. The van der Waals surface area contributed by atoms with Crippen LogP contribution >= 0.6 is 0 Å². The Balaban J connectivity index is 2.61. The summed E-state index contributed by atoms with van der Waals surface area (Å²) in [5, 5.41) is 9.02. The molecule has 0 amide bonds. The summed E-state index contributed by atoms with van der Waals surface area (Å²) < 4.78 is 5.56. The van der Waals surface area contributed by atoms with Gasteiger partial charge in [-0.2, -0.15) is 0 Å². The van der Waals surface area contributed by atoms with E-state index in [0.717, 1.165) is 13.1 Å². The number of carboxylic acid groups (broad SMARTS) is 1. The topological polar surface area (TPSA) is 49.8 Å². The highest BCUT2D eigenvalue weighted by Crippen LogP contribution is 2.15. The third-order valence-corrected chi connectivity index (χ3v) is 2.56. The molecule has 1 aliphatic rings. The lowest BCUT2D eigenvalue weighted by Crippen LogP contribution is -2.52. The first-order chi connectivity index (χ1) is 6.54. The maximum absolute atomic E-state index is 11.0. The first-order valence-corrected chi connectivity index (χ1v) is 5.17. The average Bonchev–Trinajstić information content (AvgIpc) is 2.02. The van der Waals surface area contributed by atoms with E-state index < -0.39 is 5.97 Å². The Morgan fingerprint density at radius 1 is 1.50 bits per heavy atom. The predicted octanol–water partition coefficient (Wildman–Crippen LogP) is 0.959. The summed E-state index contributed by atoms with van der Waals surface area (Å²) in [6.45, 7) is 7.31. The van der Waals surface area contributed by atoms with Gasteiger partial charge in [0.15, 0.2) is 0 Å². The molecule has 3 atom stereocenters. The normalized spacial score (nSPS) is 31.4. The number of hydrogen-bond acceptors (Lipinski definition) is 3. The van der Waals surface area contributed by atoms with Gasteiger partial charge < -0.3 is 9.84 Å². The molecule has 0 unspecified atom stereocenters. The number of aliphatic carboxylic acids is 1. The highest BCUT2D eigenvalue weighted by atomic mass is 16.5. The molecular weight excluding hydrogens is 182 g/mol. The molecule has 1 N–H and O–H groups in total. The Bertz CT molecular complexity index is 198. The molecule has 0 aliphatic carbocycles. The SMILES string of the molecule is CC[C@@H](C(=O)O)N1C[C@H](C)O[C@@H](C)C1. The van der Waals surface area contributed by atoms with Crippen molar-refractivity contribution in [3.8, 4) is 0 Å². The van der Waals surface area contributed by atoms with Crippen LogP contribution in [0.4, 0.5) is 0 Å². The molecule has 14 heavy (non-hydrogen) atoms. The van der Waals surface area contributed by atoms with Crippen LogP contribution in [0.25, 0.3) is 0 Å². The summed E-state index contributed by atoms with van der Waals surface area (Å²) >= 11 is 0. The Kier molecular flexibility index (Phi) is 3.89. The molecule has 0 aromatic carbocycles. The van der Waals surface area contributed by atoms with Gasteiger partial charge in [0.05, 0.1) is 12.2 Å². The molecule has 0 aromatic rings. The molecule has 1 fully saturated rings. The molecule has 82 valence electrons. The first kappa shape index (κ1) is 11.5. The summed E-state index contributed by atoms with van der Waals surface area (Å²) in [6.07, 6.45) is 0.911. The molecule has 1 saturated heterocycles. The molecule has 0 aromatic heterocycles. The van der Waals surface area contributed by atoms with Crippen LogP contribution in [0.1, 0.15) is 27.2 Å². The van der Waals surface area contributed by atoms with E-state index in [1.54, 1.807) is 0 Å². The Morgan fingerprint density at radius 3 is 2.36 bits per heavy atom. The second-order valence-electron chi connectivity index (χ2n) is 3.97. The number of carboxylic acids is 1. The zero-order chi connectivity index (χ0) is 10.7. The van der Waals surface area contributed by atoms with Crippen molar-refractivity contribution in [2.24, 2.45) is 0 Å². The number of nitrogens with zero attached hydrogens (tertiary/aromatic N) is 1. The summed E-state index contributed by atoms with van der Waals surface area (Å²) in [5.74, 6) is -0.728. The van der Waals surface area contributed by atoms with Crippen molar-refractivity contribution in [3.05, 3.63) is 0 Å². The number of morpholine rings is 1. The fraction of sp³-hybridized carbons (Fsp3) is 0.900. The van der Waals surface area contributed by atoms with Gasteiger partial charge in [0.1, 0.15) is 6.04 Å². The van der Waals surface area contributed by atoms with Crippen molar-refractivity contribution < 1.29 is 14.6 Å². The van der Waals surface area contributed by atoms with Crippen molar-refractivity contribution in [3.63, 3.8) is 0 Å². The lowest BCUT2D eigenvalue weighted by molar-refractivity contribution is -0.149. The maximum atomic E-state index is 11.0. The van der Waals surface area contributed by atoms with Crippen LogP contribution in [0.2, 0.25) is 0 Å². The van der Waals surface area contributed by atoms with E-state index in [1.165, 1.54) is 0 Å². The number of rotatable bonds is 3. The molecule has 4 nitrogen and oxygen atoms in total. The lowest BCUT2D eigenvalue weighted by Gasteiger charge is -2.38. The van der Waals surface area contributed by atoms with Crippen molar-refractivity contribution in [1.82, 2.24) is 4.90 Å². The van der Waals surface area contributed by atoms with E-state index in [9.17, 15) is 4.79 Å². The van der Waals surface area contributed by atoms with Gasteiger partial charge in [0.2, 0.25) is 0 Å². The highest BCUT2D eigenvalue weighted by molar-refractivity contribution is 5.73. The van der Waals surface area contributed by atoms with Crippen LogP contribution in [0.15, 0.2) is 0 Å². The fourth-order valence-electron chi connectivity index (χ4n) is 2.06. The van der Waals surface area contributed by atoms with Crippen LogP contribution in [-0.4, -0.2) is 47.3 Å². The molecule has 1 heterocycles. The molecule has 0 radical (unpaired) electrons. The summed E-state index contributed by atoms with van der Waals surface area (Å²) in [4.78, 5) is 13.0. The third kappa shape index (κ3) is 2.69. The highest BCUT2D eigenvalue weighted by Gasteiger charge is 2.30. The van der Waals surface area contributed by atoms with Gasteiger partial charge in [0, 0.05) is 13.1 Å². The second kappa shape index (κ2) is 4.75. The summed E-state index contributed by atoms with van der Waals surface area (Å²) in [6, 6.07) is -0.358. The van der Waals surface area contributed by atoms with Crippen molar-refractivity contribution in [2.75, 3.05) is 13.1 Å². The van der Waals surface area contributed by atoms with E-state index >= 15 is 0 Å². The second-order valence-corrected chi connectivity index (χ2v) is 3.97. The smallest absolute Gasteiger partial charge is 0.320 e. The van der Waals surface area contributed by atoms with E-state index in [1.807, 2.05) is 25.7 Å². The Hall–Kier alpha value is -0.610. The predicted molar refractivity (Wildman–Crippen MR) is 53.3 cm³/mol. The van der Waals surface area contributed by atoms with Crippen LogP contribution in [0.5, 0.6) is 0 Å². The van der Waals surface area contributed by atoms with Crippen molar-refractivity contribution in [2.45, 2.75) is 45.4 Å². The van der Waals surface area contributed by atoms with Gasteiger partial charge in [0.25, 0.3) is 0 Å². The average molecular weight is 201 g/mol. The largest absolute Gasteiger partial charge is 0.480 e. The molecule has 4 heteroatoms. The van der Waals surface area contributed by atoms with Crippen LogP contribution in [0, 0.1) is 0 Å². The van der Waals surface area contributed by atoms with Crippen LogP contribution < -0.4 is 0 Å². The molecule has 0 saturated carbocycles.